The highest BCUT2D eigenvalue weighted by Crippen LogP contribution is 2.57. The smallest absolute Gasteiger partial charge is 0.302 e. The molecule has 0 aliphatic heterocycles. The average molecular weight is 306 g/mol. The van der Waals surface area contributed by atoms with Crippen LogP contribution in [-0.2, 0) is 18.0 Å². The number of phosphoric acid groups is 2. The van der Waals surface area contributed by atoms with Crippen LogP contribution in [0.5, 0.6) is 0 Å². The zero-order valence-electron chi connectivity index (χ0n) is 9.48. The lowest BCUT2D eigenvalue weighted by atomic mass is 10.3. The molecule has 0 amide bonds. The predicted molar refractivity (Wildman–Crippen MR) is 65.7 cm³/mol. The molecule has 1 atom stereocenters. The summed E-state index contributed by atoms with van der Waals surface area (Å²) in [6, 6.07) is 0. The van der Waals surface area contributed by atoms with E-state index >= 15 is 0 Å². The van der Waals surface area contributed by atoms with Gasteiger partial charge in [-0.15, -0.1) is 0 Å². The van der Waals surface area contributed by atoms with Crippen molar-refractivity contribution in [2.24, 2.45) is 0 Å². The molecule has 0 bridgehead atoms. The third-order valence-corrected chi connectivity index (χ3v) is 4.63. The summed E-state index contributed by atoms with van der Waals surface area (Å²) in [5, 5.41) is 0. The molecule has 0 saturated heterocycles. The Morgan fingerprint density at radius 1 is 1.35 bits per heavy atom. The van der Waals surface area contributed by atoms with Gasteiger partial charge in [-0.25, -0.2) is 9.13 Å². The lowest BCUT2D eigenvalue weighted by Gasteiger charge is -2.11. The maximum atomic E-state index is 11.0. The Balaban J connectivity index is 4.11. The summed E-state index contributed by atoms with van der Waals surface area (Å²) in [4.78, 5) is 25.6. The molecular formula is C7H16O7P2S. The fourth-order valence-corrected chi connectivity index (χ4v) is 2.92. The first-order valence-corrected chi connectivity index (χ1v) is 8.82. The van der Waals surface area contributed by atoms with Crippen molar-refractivity contribution in [3.05, 3.63) is 11.6 Å². The molecule has 3 N–H and O–H groups in total. The van der Waals surface area contributed by atoms with Crippen molar-refractivity contribution in [1.82, 2.24) is 0 Å². The van der Waals surface area contributed by atoms with Gasteiger partial charge in [0.05, 0.1) is 6.61 Å². The van der Waals surface area contributed by atoms with E-state index in [4.69, 9.17) is 14.7 Å². The Morgan fingerprint density at radius 2 is 1.94 bits per heavy atom. The summed E-state index contributed by atoms with van der Waals surface area (Å²) in [7, 11) is -9.74. The van der Waals surface area contributed by atoms with Gasteiger partial charge in [-0.3, -0.25) is 4.52 Å². The van der Waals surface area contributed by atoms with Crippen LogP contribution >= 0.6 is 27.4 Å². The van der Waals surface area contributed by atoms with Gasteiger partial charge in [0.25, 0.3) is 0 Å². The van der Waals surface area contributed by atoms with E-state index in [1.54, 1.807) is 17.8 Å². The zero-order chi connectivity index (χ0) is 13.5. The van der Waals surface area contributed by atoms with Gasteiger partial charge in [0.15, 0.2) is 0 Å². The summed E-state index contributed by atoms with van der Waals surface area (Å²) in [6.07, 6.45) is 1.55. The molecule has 0 heterocycles. The molecule has 0 fully saturated rings. The Morgan fingerprint density at radius 3 is 2.41 bits per heavy atom. The highest BCUT2D eigenvalue weighted by molar-refractivity contribution is 7.99. The predicted octanol–water partition coefficient (Wildman–Crippen LogP) is 1.91. The second-order valence-electron chi connectivity index (χ2n) is 3.02. The standard InChI is InChI=1S/C7H16O7P2S/c1-3-17-6-7(2)4-5-13-16(11,12)14-15(8,9)10/h4H,3,5-6H2,1-2H3,(H,11,12)(H2,8,9,10)/b7-4+. The van der Waals surface area contributed by atoms with Crippen molar-refractivity contribution in [3.8, 4) is 0 Å². The third-order valence-electron chi connectivity index (χ3n) is 1.41. The normalized spacial score (nSPS) is 16.9. The molecule has 1 unspecified atom stereocenters. The fourth-order valence-electron chi connectivity index (χ4n) is 0.754. The first-order valence-electron chi connectivity index (χ1n) is 4.64. The zero-order valence-corrected chi connectivity index (χ0v) is 12.1. The van der Waals surface area contributed by atoms with Gasteiger partial charge in [-0.05, 0) is 12.7 Å². The molecule has 0 aromatic carbocycles. The third kappa shape index (κ3) is 11.2. The Kier molecular flexibility index (Phi) is 7.87. The summed E-state index contributed by atoms with van der Waals surface area (Å²) < 4.78 is 29.3. The lowest BCUT2D eigenvalue weighted by Crippen LogP contribution is -1.95. The molecule has 0 aliphatic carbocycles. The van der Waals surface area contributed by atoms with Gasteiger partial charge in [0.1, 0.15) is 0 Å². The van der Waals surface area contributed by atoms with E-state index in [1.165, 1.54) is 0 Å². The van der Waals surface area contributed by atoms with Crippen molar-refractivity contribution >= 4 is 27.4 Å². The second-order valence-corrected chi connectivity index (χ2v) is 7.13. The van der Waals surface area contributed by atoms with E-state index in [2.05, 4.69) is 8.83 Å². The highest BCUT2D eigenvalue weighted by Gasteiger charge is 2.31. The monoisotopic (exact) mass is 306 g/mol. The van der Waals surface area contributed by atoms with E-state index in [0.717, 1.165) is 17.1 Å². The van der Waals surface area contributed by atoms with E-state index < -0.39 is 15.6 Å². The average Bonchev–Trinajstić information content (AvgIpc) is 2.10. The van der Waals surface area contributed by atoms with Gasteiger partial charge >= 0.3 is 15.6 Å². The first kappa shape index (κ1) is 17.4. The van der Waals surface area contributed by atoms with Crippen LogP contribution in [0.2, 0.25) is 0 Å². The molecule has 0 saturated carbocycles. The van der Waals surface area contributed by atoms with Crippen molar-refractivity contribution in [1.29, 1.82) is 0 Å². The molecule has 10 heteroatoms. The number of thioether (sulfide) groups is 1. The first-order chi connectivity index (χ1) is 7.66. The van der Waals surface area contributed by atoms with Gasteiger partial charge < -0.3 is 14.7 Å². The fraction of sp³-hybridized carbons (Fsp3) is 0.714. The maximum absolute atomic E-state index is 11.0. The quantitative estimate of drug-likeness (QED) is 0.460. The van der Waals surface area contributed by atoms with E-state index in [0.29, 0.717) is 0 Å². The molecule has 0 aliphatic rings. The number of hydrogen-bond donors (Lipinski definition) is 3. The summed E-state index contributed by atoms with van der Waals surface area (Å²) >= 11 is 1.67. The van der Waals surface area contributed by atoms with Crippen molar-refractivity contribution in [2.45, 2.75) is 13.8 Å². The minimum atomic E-state index is -5.03. The SMILES string of the molecule is CCSC/C(C)=C/COP(=O)(O)OP(=O)(O)O. The Hall–Kier alpha value is 0.350. The molecule has 102 valence electrons. The van der Waals surface area contributed by atoms with Gasteiger partial charge in [0.2, 0.25) is 0 Å². The Labute approximate surface area is 104 Å². The summed E-state index contributed by atoms with van der Waals surface area (Å²) in [6.45, 7) is 3.58. The molecular weight excluding hydrogens is 290 g/mol. The van der Waals surface area contributed by atoms with Crippen LogP contribution < -0.4 is 0 Å². The van der Waals surface area contributed by atoms with Crippen LogP contribution in [0.25, 0.3) is 0 Å². The molecule has 0 spiro atoms. The molecule has 17 heavy (non-hydrogen) atoms. The van der Waals surface area contributed by atoms with Crippen molar-refractivity contribution in [3.63, 3.8) is 0 Å². The van der Waals surface area contributed by atoms with Crippen LogP contribution in [0.4, 0.5) is 0 Å². The number of phosphoric ester groups is 1. The Bertz CT molecular complexity index is 350. The number of rotatable bonds is 8. The second kappa shape index (κ2) is 7.71. The van der Waals surface area contributed by atoms with Gasteiger partial charge in [0, 0.05) is 5.75 Å². The minimum absolute atomic E-state index is 0.246. The summed E-state index contributed by atoms with van der Waals surface area (Å²) in [5.74, 6) is 1.71. The molecule has 0 radical (unpaired) electrons. The lowest BCUT2D eigenvalue weighted by molar-refractivity contribution is 0.191. The topological polar surface area (TPSA) is 113 Å². The molecule has 7 nitrogen and oxygen atoms in total. The van der Waals surface area contributed by atoms with Gasteiger partial charge in [-0.1, -0.05) is 18.6 Å². The van der Waals surface area contributed by atoms with Gasteiger partial charge in [-0.2, -0.15) is 16.1 Å². The van der Waals surface area contributed by atoms with E-state index in [1.807, 2.05) is 13.8 Å². The van der Waals surface area contributed by atoms with Crippen LogP contribution in [0.1, 0.15) is 13.8 Å². The minimum Gasteiger partial charge on any atom is -0.302 e. The van der Waals surface area contributed by atoms with Crippen molar-refractivity contribution in [2.75, 3.05) is 18.1 Å². The molecule has 0 aromatic rings. The van der Waals surface area contributed by atoms with Crippen LogP contribution in [0.15, 0.2) is 11.6 Å². The van der Waals surface area contributed by atoms with E-state index in [9.17, 15) is 9.13 Å². The van der Waals surface area contributed by atoms with Crippen LogP contribution in [0, 0.1) is 0 Å². The molecule has 0 rings (SSSR count). The molecule has 0 aromatic heterocycles. The maximum Gasteiger partial charge on any atom is 0.481 e. The largest absolute Gasteiger partial charge is 0.481 e. The van der Waals surface area contributed by atoms with Crippen LogP contribution in [-0.4, -0.2) is 32.8 Å². The highest BCUT2D eigenvalue weighted by atomic mass is 32.2. The summed E-state index contributed by atoms with van der Waals surface area (Å²) in [5.41, 5.74) is 0.938. The number of hydrogen-bond acceptors (Lipinski definition) is 5. The van der Waals surface area contributed by atoms with Crippen molar-refractivity contribution < 1.29 is 32.6 Å². The van der Waals surface area contributed by atoms with Crippen LogP contribution in [0.3, 0.4) is 0 Å². The van der Waals surface area contributed by atoms with E-state index in [-0.39, 0.29) is 6.61 Å².